The summed E-state index contributed by atoms with van der Waals surface area (Å²) in [4.78, 5) is 30.1. The largest absolute Gasteiger partial charge is 0.351 e. The summed E-state index contributed by atoms with van der Waals surface area (Å²) in [5.74, 6) is -0.970. The third-order valence-corrected chi connectivity index (χ3v) is 6.47. The topological polar surface area (TPSA) is 52.7 Å². The summed E-state index contributed by atoms with van der Waals surface area (Å²) in [7, 11) is 0. The molecule has 170 valence electrons. The molecule has 0 radical (unpaired) electrons. The van der Waals surface area contributed by atoms with Gasteiger partial charge >= 0.3 is 0 Å². The Hall–Kier alpha value is -2.80. The fraction of sp³-hybridized carbons (Fsp3) is 0.440. The average Bonchev–Trinajstić information content (AvgIpc) is 2.77. The number of carbonyl (C=O) groups is 2. The van der Waals surface area contributed by atoms with E-state index in [-0.39, 0.29) is 24.9 Å². The predicted octanol–water partition coefficient (Wildman–Crippen LogP) is 3.44. The van der Waals surface area contributed by atoms with Crippen molar-refractivity contribution in [2.24, 2.45) is 5.92 Å². The summed E-state index contributed by atoms with van der Waals surface area (Å²) in [5, 5.41) is 2.73. The number of carbonyl (C=O) groups excluding carboxylic acids is 2. The number of piperidine rings is 1. The first-order valence-corrected chi connectivity index (χ1v) is 11.2. The van der Waals surface area contributed by atoms with Crippen molar-refractivity contribution in [3.05, 3.63) is 70.8 Å². The highest BCUT2D eigenvalue weighted by atomic mass is 19.1. The Morgan fingerprint density at radius 2 is 1.72 bits per heavy atom. The molecule has 2 amide bonds. The Kier molecular flexibility index (Phi) is 6.84. The molecule has 2 heterocycles. The number of hydrogen-bond acceptors (Lipinski definition) is 3. The third kappa shape index (κ3) is 5.15. The number of nitrogens with one attached hydrogen (secondary N) is 1. The molecule has 0 saturated carbocycles. The maximum atomic E-state index is 13.5. The van der Waals surface area contributed by atoms with Gasteiger partial charge in [-0.05, 0) is 54.0 Å². The minimum absolute atomic E-state index is 0.0283. The van der Waals surface area contributed by atoms with Gasteiger partial charge in [0.15, 0.2) is 0 Å². The van der Waals surface area contributed by atoms with Crippen molar-refractivity contribution in [2.45, 2.75) is 38.8 Å². The second-order valence-electron chi connectivity index (χ2n) is 8.88. The van der Waals surface area contributed by atoms with Crippen LogP contribution < -0.4 is 5.32 Å². The molecule has 1 fully saturated rings. The van der Waals surface area contributed by atoms with Gasteiger partial charge in [-0.15, -0.1) is 0 Å². The molecular formula is C25H29F2N3O2. The molecule has 0 aliphatic carbocycles. The minimum atomic E-state index is -0.677. The van der Waals surface area contributed by atoms with Crippen molar-refractivity contribution < 1.29 is 18.4 Å². The second kappa shape index (κ2) is 9.77. The van der Waals surface area contributed by atoms with Gasteiger partial charge in [-0.3, -0.25) is 14.5 Å². The zero-order valence-corrected chi connectivity index (χ0v) is 18.3. The van der Waals surface area contributed by atoms with Crippen LogP contribution in [0.25, 0.3) is 0 Å². The van der Waals surface area contributed by atoms with Crippen molar-refractivity contribution in [3.63, 3.8) is 0 Å². The smallest absolute Gasteiger partial charge is 0.244 e. The van der Waals surface area contributed by atoms with E-state index in [4.69, 9.17) is 0 Å². The Balaban J connectivity index is 1.47. The molecule has 2 aliphatic rings. The molecule has 2 aromatic rings. The van der Waals surface area contributed by atoms with E-state index in [2.05, 4.69) is 12.2 Å². The number of benzene rings is 2. The maximum absolute atomic E-state index is 13.5. The number of halogens is 2. The molecule has 5 nitrogen and oxygen atoms in total. The highest BCUT2D eigenvalue weighted by Crippen LogP contribution is 2.32. The Bertz CT molecular complexity index is 969. The molecule has 0 aromatic heterocycles. The van der Waals surface area contributed by atoms with Crippen molar-refractivity contribution >= 4 is 11.8 Å². The first-order valence-electron chi connectivity index (χ1n) is 11.2. The first-order chi connectivity index (χ1) is 15.4. The van der Waals surface area contributed by atoms with Crippen LogP contribution >= 0.6 is 0 Å². The number of rotatable bonds is 5. The first kappa shape index (κ1) is 22.4. The number of hydrogen-bond donors (Lipinski definition) is 1. The van der Waals surface area contributed by atoms with Crippen LogP contribution in [-0.4, -0.2) is 47.8 Å². The molecule has 32 heavy (non-hydrogen) atoms. The standard InChI is InChI=1S/C25H29F2N3O2/c1-17-6-9-29(10-7-17)25(32)24-22-5-3-2-4-19(22)8-11-30(24)16-23(31)28-15-18-12-20(26)14-21(27)13-18/h2-5,12-14,17,24H,6-11,15-16H2,1H3,(H,28,31)/t24-/m0/s1. The van der Waals surface area contributed by atoms with Gasteiger partial charge in [-0.25, -0.2) is 8.78 Å². The van der Waals surface area contributed by atoms with Crippen molar-refractivity contribution in [2.75, 3.05) is 26.2 Å². The van der Waals surface area contributed by atoms with Gasteiger partial charge in [0.05, 0.1) is 6.54 Å². The Labute approximate surface area is 187 Å². The molecule has 2 aromatic carbocycles. The monoisotopic (exact) mass is 441 g/mol. The summed E-state index contributed by atoms with van der Waals surface area (Å²) < 4.78 is 26.8. The lowest BCUT2D eigenvalue weighted by atomic mass is 9.90. The van der Waals surface area contributed by atoms with E-state index in [1.165, 1.54) is 12.1 Å². The average molecular weight is 442 g/mol. The van der Waals surface area contributed by atoms with Crippen molar-refractivity contribution in [3.8, 4) is 0 Å². The van der Waals surface area contributed by atoms with Gasteiger partial charge in [0.1, 0.15) is 17.7 Å². The van der Waals surface area contributed by atoms with Crippen molar-refractivity contribution in [1.29, 1.82) is 0 Å². The van der Waals surface area contributed by atoms with E-state index < -0.39 is 17.7 Å². The lowest BCUT2D eigenvalue weighted by molar-refractivity contribution is -0.140. The highest BCUT2D eigenvalue weighted by molar-refractivity contribution is 5.85. The number of likely N-dealkylation sites (tertiary alicyclic amines) is 1. The SMILES string of the molecule is CC1CCN(C(=O)[C@@H]2c3ccccc3CCN2CC(=O)NCc2cc(F)cc(F)c2)CC1. The summed E-state index contributed by atoms with van der Waals surface area (Å²) in [5.41, 5.74) is 2.46. The van der Waals surface area contributed by atoms with Crippen LogP contribution in [0.1, 0.15) is 42.5 Å². The van der Waals surface area contributed by atoms with E-state index >= 15 is 0 Å². The molecule has 4 rings (SSSR count). The van der Waals surface area contributed by atoms with Gasteiger partial charge in [0, 0.05) is 32.2 Å². The van der Waals surface area contributed by atoms with Crippen LogP contribution in [0, 0.1) is 17.6 Å². The second-order valence-corrected chi connectivity index (χ2v) is 8.88. The number of nitrogens with zero attached hydrogens (tertiary/aromatic N) is 2. The molecular weight excluding hydrogens is 412 g/mol. The molecule has 1 N–H and O–H groups in total. The van der Waals surface area contributed by atoms with Crippen LogP contribution in [-0.2, 0) is 22.6 Å². The van der Waals surface area contributed by atoms with Gasteiger partial charge in [-0.2, -0.15) is 0 Å². The zero-order valence-electron chi connectivity index (χ0n) is 18.3. The van der Waals surface area contributed by atoms with E-state index in [1.54, 1.807) is 0 Å². The lowest BCUT2D eigenvalue weighted by Gasteiger charge is -2.40. The fourth-order valence-corrected chi connectivity index (χ4v) is 4.63. The highest BCUT2D eigenvalue weighted by Gasteiger charge is 2.37. The van der Waals surface area contributed by atoms with E-state index in [0.29, 0.717) is 18.0 Å². The van der Waals surface area contributed by atoms with Crippen LogP contribution in [0.5, 0.6) is 0 Å². The molecule has 1 atom stereocenters. The molecule has 0 bridgehead atoms. The van der Waals surface area contributed by atoms with E-state index in [0.717, 1.165) is 49.5 Å². The molecule has 2 aliphatic heterocycles. The lowest BCUT2D eigenvalue weighted by Crippen LogP contribution is -2.50. The Morgan fingerprint density at radius 3 is 2.44 bits per heavy atom. The van der Waals surface area contributed by atoms with Gasteiger partial charge in [0.25, 0.3) is 0 Å². The maximum Gasteiger partial charge on any atom is 0.244 e. The normalized spacial score (nSPS) is 19.5. The number of amides is 2. The predicted molar refractivity (Wildman–Crippen MR) is 118 cm³/mol. The van der Waals surface area contributed by atoms with Crippen LogP contribution in [0.2, 0.25) is 0 Å². The van der Waals surface area contributed by atoms with E-state index in [9.17, 15) is 18.4 Å². The van der Waals surface area contributed by atoms with E-state index in [1.807, 2.05) is 34.1 Å². The summed E-state index contributed by atoms with van der Waals surface area (Å²) in [6.07, 6.45) is 2.74. The molecule has 0 spiro atoms. The molecule has 7 heteroatoms. The number of fused-ring (bicyclic) bond motifs is 1. The van der Waals surface area contributed by atoms with Gasteiger partial charge in [0.2, 0.25) is 11.8 Å². The quantitative estimate of drug-likeness (QED) is 0.774. The Morgan fingerprint density at radius 1 is 1.03 bits per heavy atom. The van der Waals surface area contributed by atoms with Crippen LogP contribution in [0.15, 0.2) is 42.5 Å². The zero-order chi connectivity index (χ0) is 22.7. The van der Waals surface area contributed by atoms with Gasteiger partial charge in [-0.1, -0.05) is 31.2 Å². The summed E-state index contributed by atoms with van der Waals surface area (Å²) in [6, 6.07) is 10.6. The van der Waals surface area contributed by atoms with Crippen molar-refractivity contribution in [1.82, 2.24) is 15.1 Å². The van der Waals surface area contributed by atoms with Crippen LogP contribution in [0.3, 0.4) is 0 Å². The van der Waals surface area contributed by atoms with Crippen LogP contribution in [0.4, 0.5) is 8.78 Å². The van der Waals surface area contributed by atoms with Gasteiger partial charge < -0.3 is 10.2 Å². The molecule has 1 saturated heterocycles. The molecule has 0 unspecified atom stereocenters. The third-order valence-electron chi connectivity index (χ3n) is 6.47. The summed E-state index contributed by atoms with van der Waals surface area (Å²) in [6.45, 7) is 4.36. The minimum Gasteiger partial charge on any atom is -0.351 e. The summed E-state index contributed by atoms with van der Waals surface area (Å²) >= 11 is 0. The fourth-order valence-electron chi connectivity index (χ4n) is 4.63.